The highest BCUT2D eigenvalue weighted by Crippen LogP contribution is 2.21. The zero-order valence-electron chi connectivity index (χ0n) is 8.28. The summed E-state index contributed by atoms with van der Waals surface area (Å²) in [5, 5.41) is 2.42. The molecule has 1 fully saturated rings. The van der Waals surface area contributed by atoms with E-state index in [4.69, 9.17) is 0 Å². The summed E-state index contributed by atoms with van der Waals surface area (Å²) in [6.45, 7) is 5.16. The van der Waals surface area contributed by atoms with Gasteiger partial charge >= 0.3 is 6.18 Å². The van der Waals surface area contributed by atoms with E-state index in [9.17, 15) is 13.2 Å². The lowest BCUT2D eigenvalue weighted by atomic mass is 10.2. The van der Waals surface area contributed by atoms with Gasteiger partial charge in [0, 0.05) is 19.6 Å². The van der Waals surface area contributed by atoms with Gasteiger partial charge in [-0.15, -0.1) is 0 Å². The first-order chi connectivity index (χ1) is 6.00. The van der Waals surface area contributed by atoms with Gasteiger partial charge < -0.3 is 10.2 Å². The van der Waals surface area contributed by atoms with Crippen molar-refractivity contribution >= 4 is 0 Å². The number of likely N-dealkylation sites (N-methyl/N-ethyl adjacent to an activating group) is 1. The summed E-state index contributed by atoms with van der Waals surface area (Å²) in [6.07, 6.45) is -4.10. The summed E-state index contributed by atoms with van der Waals surface area (Å²) in [5.41, 5.74) is 0. The molecule has 0 unspecified atom stereocenters. The minimum Gasteiger partial charge on any atom is -0.304 e. The fourth-order valence-corrected chi connectivity index (χ4v) is 1.12. The Labute approximate surface area is 77.1 Å². The molecule has 0 aliphatic carbocycles. The maximum atomic E-state index is 12.0. The number of piperazine rings is 1. The predicted molar refractivity (Wildman–Crippen MR) is 46.7 cm³/mol. The number of hydrogen-bond acceptors (Lipinski definition) is 2. The molecule has 0 aromatic rings. The highest BCUT2D eigenvalue weighted by Gasteiger charge is 2.41. The Balaban J connectivity index is 0.000000671. The van der Waals surface area contributed by atoms with Crippen molar-refractivity contribution < 1.29 is 13.2 Å². The van der Waals surface area contributed by atoms with Gasteiger partial charge in [-0.05, 0) is 7.05 Å². The van der Waals surface area contributed by atoms with Gasteiger partial charge in [0.25, 0.3) is 0 Å². The molecule has 0 amide bonds. The molecule has 1 atom stereocenters. The van der Waals surface area contributed by atoms with Crippen LogP contribution in [-0.2, 0) is 0 Å². The molecule has 0 bridgehead atoms. The Kier molecular flexibility index (Phi) is 5.32. The minimum absolute atomic E-state index is 0.0590. The Bertz CT molecular complexity index is 136. The van der Waals surface area contributed by atoms with Gasteiger partial charge in [-0.2, -0.15) is 13.2 Å². The van der Waals surface area contributed by atoms with Gasteiger partial charge in [0.1, 0.15) is 6.04 Å². The van der Waals surface area contributed by atoms with Crippen molar-refractivity contribution in [3.63, 3.8) is 0 Å². The third-order valence-corrected chi connectivity index (χ3v) is 1.77. The minimum atomic E-state index is -4.10. The molecule has 1 N–H and O–H groups in total. The van der Waals surface area contributed by atoms with Gasteiger partial charge in [0.15, 0.2) is 0 Å². The first-order valence-corrected chi connectivity index (χ1v) is 4.49. The van der Waals surface area contributed by atoms with Crippen LogP contribution in [0.3, 0.4) is 0 Å². The lowest BCUT2D eigenvalue weighted by Gasteiger charge is -2.31. The number of hydrogen-bond donors (Lipinski definition) is 1. The third-order valence-electron chi connectivity index (χ3n) is 1.77. The van der Waals surface area contributed by atoms with E-state index >= 15 is 0 Å². The second-order valence-corrected chi connectivity index (χ2v) is 2.81. The summed E-state index contributed by atoms with van der Waals surface area (Å²) in [4.78, 5) is 1.68. The standard InChI is InChI=1S/C6H11F3N2.C2H6/c1-11-3-2-10-5(4-11)6(7,8)9;1-2/h5,10H,2-4H2,1H3;1-2H3/t5-;/m1./s1. The van der Waals surface area contributed by atoms with Crippen molar-refractivity contribution in [3.05, 3.63) is 0 Å². The summed E-state index contributed by atoms with van der Waals surface area (Å²) in [6, 6.07) is -1.35. The summed E-state index contributed by atoms with van der Waals surface area (Å²) < 4.78 is 36.1. The average molecular weight is 198 g/mol. The zero-order chi connectivity index (χ0) is 10.5. The number of nitrogens with zero attached hydrogens (tertiary/aromatic N) is 1. The molecular weight excluding hydrogens is 181 g/mol. The summed E-state index contributed by atoms with van der Waals surface area (Å²) >= 11 is 0. The third kappa shape index (κ3) is 4.47. The number of alkyl halides is 3. The SMILES string of the molecule is CC.CN1CCN[C@@H](C(F)(F)F)C1. The molecule has 1 saturated heterocycles. The Morgan fingerprint density at radius 2 is 1.85 bits per heavy atom. The van der Waals surface area contributed by atoms with E-state index in [0.29, 0.717) is 13.1 Å². The molecule has 0 aromatic heterocycles. The lowest BCUT2D eigenvalue weighted by Crippen LogP contribution is -2.55. The van der Waals surface area contributed by atoms with Gasteiger partial charge in [0.05, 0.1) is 0 Å². The van der Waals surface area contributed by atoms with E-state index in [-0.39, 0.29) is 6.54 Å². The summed E-state index contributed by atoms with van der Waals surface area (Å²) in [5.74, 6) is 0. The molecule has 1 aliphatic heterocycles. The molecular formula is C8H17F3N2. The molecule has 0 spiro atoms. The second-order valence-electron chi connectivity index (χ2n) is 2.81. The van der Waals surface area contributed by atoms with Crippen LogP contribution in [0.1, 0.15) is 13.8 Å². The molecule has 1 aliphatic rings. The zero-order valence-corrected chi connectivity index (χ0v) is 8.28. The van der Waals surface area contributed by atoms with Crippen molar-refractivity contribution in [2.24, 2.45) is 0 Å². The quantitative estimate of drug-likeness (QED) is 0.634. The normalized spacial score (nSPS) is 24.9. The van der Waals surface area contributed by atoms with Crippen LogP contribution in [0.2, 0.25) is 0 Å². The number of rotatable bonds is 0. The molecule has 1 heterocycles. The van der Waals surface area contributed by atoms with Gasteiger partial charge in [-0.1, -0.05) is 13.8 Å². The van der Waals surface area contributed by atoms with Crippen LogP contribution in [0.25, 0.3) is 0 Å². The first-order valence-electron chi connectivity index (χ1n) is 4.49. The predicted octanol–water partition coefficient (Wildman–Crippen LogP) is 1.48. The molecule has 0 radical (unpaired) electrons. The molecule has 80 valence electrons. The van der Waals surface area contributed by atoms with Crippen LogP contribution in [-0.4, -0.2) is 43.8 Å². The van der Waals surface area contributed by atoms with E-state index in [2.05, 4.69) is 5.32 Å². The Morgan fingerprint density at radius 3 is 2.15 bits per heavy atom. The van der Waals surface area contributed by atoms with Gasteiger partial charge in [-0.3, -0.25) is 0 Å². The van der Waals surface area contributed by atoms with E-state index < -0.39 is 12.2 Å². The Morgan fingerprint density at radius 1 is 1.31 bits per heavy atom. The maximum Gasteiger partial charge on any atom is 0.405 e. The molecule has 0 saturated carbocycles. The van der Waals surface area contributed by atoms with Gasteiger partial charge in [-0.25, -0.2) is 0 Å². The smallest absolute Gasteiger partial charge is 0.304 e. The first kappa shape index (κ1) is 12.7. The van der Waals surface area contributed by atoms with Crippen LogP contribution in [0, 0.1) is 0 Å². The molecule has 2 nitrogen and oxygen atoms in total. The summed E-state index contributed by atoms with van der Waals surface area (Å²) in [7, 11) is 1.69. The molecule has 0 aromatic carbocycles. The van der Waals surface area contributed by atoms with E-state index in [0.717, 1.165) is 0 Å². The fraction of sp³-hybridized carbons (Fsp3) is 1.00. The molecule has 13 heavy (non-hydrogen) atoms. The molecule has 1 rings (SSSR count). The van der Waals surface area contributed by atoms with Crippen molar-refractivity contribution in [1.82, 2.24) is 10.2 Å². The van der Waals surface area contributed by atoms with Crippen molar-refractivity contribution in [1.29, 1.82) is 0 Å². The lowest BCUT2D eigenvalue weighted by molar-refractivity contribution is -0.163. The van der Waals surface area contributed by atoms with Crippen LogP contribution in [0.15, 0.2) is 0 Å². The van der Waals surface area contributed by atoms with Crippen LogP contribution in [0.5, 0.6) is 0 Å². The highest BCUT2D eigenvalue weighted by atomic mass is 19.4. The largest absolute Gasteiger partial charge is 0.405 e. The monoisotopic (exact) mass is 198 g/mol. The van der Waals surface area contributed by atoms with Crippen molar-refractivity contribution in [3.8, 4) is 0 Å². The van der Waals surface area contributed by atoms with Crippen LogP contribution >= 0.6 is 0 Å². The maximum absolute atomic E-state index is 12.0. The highest BCUT2D eigenvalue weighted by molar-refractivity contribution is 4.82. The van der Waals surface area contributed by atoms with Gasteiger partial charge in [0.2, 0.25) is 0 Å². The number of nitrogens with one attached hydrogen (secondary N) is 1. The van der Waals surface area contributed by atoms with E-state index in [1.807, 2.05) is 13.8 Å². The second kappa shape index (κ2) is 5.44. The van der Waals surface area contributed by atoms with Crippen LogP contribution in [0.4, 0.5) is 13.2 Å². The Hall–Kier alpha value is -0.290. The average Bonchev–Trinajstić information content (AvgIpc) is 2.06. The van der Waals surface area contributed by atoms with E-state index in [1.165, 1.54) is 0 Å². The number of halogens is 3. The molecule has 5 heteroatoms. The van der Waals surface area contributed by atoms with Crippen LogP contribution < -0.4 is 5.32 Å². The van der Waals surface area contributed by atoms with Crippen molar-refractivity contribution in [2.45, 2.75) is 26.1 Å². The fourth-order valence-electron chi connectivity index (χ4n) is 1.12. The topological polar surface area (TPSA) is 15.3 Å². The van der Waals surface area contributed by atoms with Crippen molar-refractivity contribution in [2.75, 3.05) is 26.7 Å². The van der Waals surface area contributed by atoms with E-state index in [1.54, 1.807) is 11.9 Å².